The van der Waals surface area contributed by atoms with Gasteiger partial charge in [-0.1, -0.05) is 43.2 Å². The Hall–Kier alpha value is -2.37. The average Bonchev–Trinajstić information content (AvgIpc) is 3.17. The number of nitrogens with zero attached hydrogens (tertiary/aromatic N) is 1. The third-order valence-electron chi connectivity index (χ3n) is 5.07. The summed E-state index contributed by atoms with van der Waals surface area (Å²) in [5.74, 6) is -0.284. The molecular formula is C19H25N3O3. The van der Waals surface area contributed by atoms with Crippen LogP contribution in [0.4, 0.5) is 4.79 Å². The molecule has 6 heteroatoms. The standard InChI is InChI=1S/C19H25N3O3/c23-16(20-13-6-9-15-7-2-1-3-8-15)10-14-22-17(24)19(21-18(22)25)11-4-5-12-19/h1-3,7-8H,4-6,9-14H2,(H,20,23)(H,21,25). The number of urea groups is 1. The predicted molar refractivity (Wildman–Crippen MR) is 93.8 cm³/mol. The zero-order valence-electron chi connectivity index (χ0n) is 14.4. The molecule has 3 rings (SSSR count). The van der Waals surface area contributed by atoms with Crippen LogP contribution in [0.2, 0.25) is 0 Å². The van der Waals surface area contributed by atoms with Gasteiger partial charge in [-0.3, -0.25) is 14.5 Å². The fourth-order valence-electron chi connectivity index (χ4n) is 3.66. The first-order chi connectivity index (χ1) is 12.1. The van der Waals surface area contributed by atoms with E-state index in [4.69, 9.17) is 0 Å². The van der Waals surface area contributed by atoms with E-state index in [1.165, 1.54) is 10.5 Å². The van der Waals surface area contributed by atoms with Gasteiger partial charge in [0.2, 0.25) is 5.91 Å². The van der Waals surface area contributed by atoms with Gasteiger partial charge in [0.05, 0.1) is 0 Å². The Morgan fingerprint density at radius 1 is 1.16 bits per heavy atom. The van der Waals surface area contributed by atoms with Crippen molar-refractivity contribution in [3.8, 4) is 0 Å². The van der Waals surface area contributed by atoms with E-state index in [1.54, 1.807) is 0 Å². The Kier molecular flexibility index (Phi) is 5.36. The number of amides is 4. The van der Waals surface area contributed by atoms with Crippen LogP contribution in [0.3, 0.4) is 0 Å². The lowest BCUT2D eigenvalue weighted by Gasteiger charge is -2.19. The van der Waals surface area contributed by atoms with E-state index in [2.05, 4.69) is 22.8 Å². The van der Waals surface area contributed by atoms with Crippen molar-refractivity contribution in [1.29, 1.82) is 0 Å². The molecule has 1 saturated carbocycles. The summed E-state index contributed by atoms with van der Waals surface area (Å²) in [7, 11) is 0. The van der Waals surface area contributed by atoms with Crippen molar-refractivity contribution >= 4 is 17.8 Å². The second-order valence-corrected chi connectivity index (χ2v) is 6.87. The van der Waals surface area contributed by atoms with Gasteiger partial charge in [-0.05, 0) is 31.2 Å². The summed E-state index contributed by atoms with van der Waals surface area (Å²) in [4.78, 5) is 37.7. The number of aryl methyl sites for hydroxylation is 1. The molecule has 1 heterocycles. The van der Waals surface area contributed by atoms with Gasteiger partial charge < -0.3 is 10.6 Å². The van der Waals surface area contributed by atoms with Crippen molar-refractivity contribution in [2.45, 2.75) is 50.5 Å². The molecular weight excluding hydrogens is 318 g/mol. The van der Waals surface area contributed by atoms with Crippen LogP contribution in [0.1, 0.15) is 44.1 Å². The molecule has 1 spiro atoms. The van der Waals surface area contributed by atoms with E-state index in [0.717, 1.165) is 25.7 Å². The molecule has 2 fully saturated rings. The molecule has 0 aromatic heterocycles. The number of hydrogen-bond donors (Lipinski definition) is 2. The highest BCUT2D eigenvalue weighted by atomic mass is 16.2. The second kappa shape index (κ2) is 7.68. The van der Waals surface area contributed by atoms with Crippen molar-refractivity contribution in [2.24, 2.45) is 0 Å². The second-order valence-electron chi connectivity index (χ2n) is 6.87. The van der Waals surface area contributed by atoms with Crippen molar-refractivity contribution < 1.29 is 14.4 Å². The Balaban J connectivity index is 1.37. The van der Waals surface area contributed by atoms with E-state index in [0.29, 0.717) is 19.4 Å². The SMILES string of the molecule is O=C(CCN1C(=O)NC2(CCCC2)C1=O)NCCCc1ccccc1. The van der Waals surface area contributed by atoms with Gasteiger partial charge in [0.25, 0.3) is 5.91 Å². The summed E-state index contributed by atoms with van der Waals surface area (Å²) in [5.41, 5.74) is 0.557. The average molecular weight is 343 g/mol. The molecule has 0 atom stereocenters. The van der Waals surface area contributed by atoms with E-state index >= 15 is 0 Å². The number of imide groups is 1. The van der Waals surface area contributed by atoms with Gasteiger partial charge in [-0.2, -0.15) is 0 Å². The van der Waals surface area contributed by atoms with Gasteiger partial charge >= 0.3 is 6.03 Å². The number of hydrogen-bond acceptors (Lipinski definition) is 3. The Bertz CT molecular complexity index is 639. The molecule has 0 unspecified atom stereocenters. The topological polar surface area (TPSA) is 78.5 Å². The number of carbonyl (C=O) groups excluding carboxylic acids is 3. The third-order valence-corrected chi connectivity index (χ3v) is 5.07. The third kappa shape index (κ3) is 4.00. The van der Waals surface area contributed by atoms with Crippen molar-refractivity contribution in [2.75, 3.05) is 13.1 Å². The Labute approximate surface area is 148 Å². The van der Waals surface area contributed by atoms with E-state index in [-0.39, 0.29) is 30.8 Å². The minimum atomic E-state index is -0.691. The first kappa shape index (κ1) is 17.5. The van der Waals surface area contributed by atoms with Crippen LogP contribution >= 0.6 is 0 Å². The molecule has 0 radical (unpaired) electrons. The molecule has 2 aliphatic rings. The molecule has 1 aliphatic heterocycles. The lowest BCUT2D eigenvalue weighted by atomic mass is 9.98. The maximum atomic E-state index is 12.5. The molecule has 1 aliphatic carbocycles. The summed E-state index contributed by atoms with van der Waals surface area (Å²) in [6.07, 6.45) is 5.27. The molecule has 4 amide bonds. The molecule has 2 N–H and O–H groups in total. The van der Waals surface area contributed by atoms with Gasteiger partial charge in [-0.15, -0.1) is 0 Å². The van der Waals surface area contributed by atoms with Gasteiger partial charge in [0.15, 0.2) is 0 Å². The Morgan fingerprint density at radius 2 is 1.88 bits per heavy atom. The first-order valence-corrected chi connectivity index (χ1v) is 9.05. The largest absolute Gasteiger partial charge is 0.356 e. The highest BCUT2D eigenvalue weighted by Gasteiger charge is 2.52. The summed E-state index contributed by atoms with van der Waals surface area (Å²) < 4.78 is 0. The fraction of sp³-hybridized carbons (Fsp3) is 0.526. The molecule has 1 aromatic carbocycles. The van der Waals surface area contributed by atoms with Crippen LogP contribution in [0.5, 0.6) is 0 Å². The minimum absolute atomic E-state index is 0.124. The molecule has 0 bridgehead atoms. The summed E-state index contributed by atoms with van der Waals surface area (Å²) in [6, 6.07) is 9.77. The normalized spacial score (nSPS) is 18.6. The molecule has 25 heavy (non-hydrogen) atoms. The predicted octanol–water partition coefficient (Wildman–Crippen LogP) is 1.99. The van der Waals surface area contributed by atoms with E-state index in [9.17, 15) is 14.4 Å². The highest BCUT2D eigenvalue weighted by molar-refractivity contribution is 6.07. The number of benzene rings is 1. The van der Waals surface area contributed by atoms with Crippen LogP contribution in [0.25, 0.3) is 0 Å². The molecule has 1 aromatic rings. The number of rotatable bonds is 7. The molecule has 6 nitrogen and oxygen atoms in total. The van der Waals surface area contributed by atoms with E-state index in [1.807, 2.05) is 18.2 Å². The monoisotopic (exact) mass is 343 g/mol. The van der Waals surface area contributed by atoms with Crippen LogP contribution < -0.4 is 10.6 Å². The summed E-state index contributed by atoms with van der Waals surface area (Å²) >= 11 is 0. The van der Waals surface area contributed by atoms with Crippen LogP contribution in [0.15, 0.2) is 30.3 Å². The van der Waals surface area contributed by atoms with E-state index < -0.39 is 5.54 Å². The molecule has 1 saturated heterocycles. The zero-order valence-corrected chi connectivity index (χ0v) is 14.4. The fourth-order valence-corrected chi connectivity index (χ4v) is 3.66. The first-order valence-electron chi connectivity index (χ1n) is 9.05. The van der Waals surface area contributed by atoms with Gasteiger partial charge in [0, 0.05) is 19.5 Å². The number of nitrogens with one attached hydrogen (secondary N) is 2. The lowest BCUT2D eigenvalue weighted by Crippen LogP contribution is -2.44. The van der Waals surface area contributed by atoms with Crippen molar-refractivity contribution in [3.05, 3.63) is 35.9 Å². The summed E-state index contributed by atoms with van der Waals surface area (Å²) in [6.45, 7) is 0.745. The quantitative estimate of drug-likeness (QED) is 0.587. The number of carbonyl (C=O) groups is 3. The maximum Gasteiger partial charge on any atom is 0.325 e. The van der Waals surface area contributed by atoms with Crippen molar-refractivity contribution in [1.82, 2.24) is 15.5 Å². The summed E-state index contributed by atoms with van der Waals surface area (Å²) in [5, 5.41) is 5.69. The van der Waals surface area contributed by atoms with Crippen LogP contribution in [0, 0.1) is 0 Å². The molecule has 134 valence electrons. The smallest absolute Gasteiger partial charge is 0.325 e. The minimum Gasteiger partial charge on any atom is -0.356 e. The lowest BCUT2D eigenvalue weighted by molar-refractivity contribution is -0.131. The van der Waals surface area contributed by atoms with Gasteiger partial charge in [0.1, 0.15) is 5.54 Å². The Morgan fingerprint density at radius 3 is 2.60 bits per heavy atom. The van der Waals surface area contributed by atoms with Gasteiger partial charge in [-0.25, -0.2) is 4.79 Å². The zero-order chi connectivity index (χ0) is 17.7. The van der Waals surface area contributed by atoms with Crippen LogP contribution in [-0.2, 0) is 16.0 Å². The highest BCUT2D eigenvalue weighted by Crippen LogP contribution is 2.34. The van der Waals surface area contributed by atoms with Crippen LogP contribution in [-0.4, -0.2) is 41.4 Å². The van der Waals surface area contributed by atoms with Crippen molar-refractivity contribution in [3.63, 3.8) is 0 Å². The maximum absolute atomic E-state index is 12.5.